The van der Waals surface area contributed by atoms with Crippen molar-refractivity contribution in [3.05, 3.63) is 0 Å². The highest BCUT2D eigenvalue weighted by atomic mass is 17.2. The summed E-state index contributed by atoms with van der Waals surface area (Å²) in [6.07, 6.45) is 7.80. The number of hydrogen-bond acceptors (Lipinski definition) is 7. The third-order valence-corrected chi connectivity index (χ3v) is 4.87. The maximum absolute atomic E-state index is 12.3. The fraction of sp³-hybridized carbons (Fsp3) is 0.960. The number of carbonyl (C=O) groups excluding carboxylic acids is 1. The monoisotopic (exact) mass is 462 g/mol. The first-order valence-corrected chi connectivity index (χ1v) is 12.2. The van der Waals surface area contributed by atoms with Crippen molar-refractivity contribution in [2.24, 2.45) is 0 Å². The Kier molecular flexibility index (Phi) is 14.0. The van der Waals surface area contributed by atoms with Crippen LogP contribution in [0, 0.1) is 0 Å². The standard InChI is InChI=1S/C25H50O7/c1-11-13-15-17-22(3,4)31-27-19-24(7,8)29-21(26)30-25(9,10)20-28-32-23(5,6)18-16-14-12-2/h11-20H2,1-10H3. The molecule has 0 amide bonds. The highest BCUT2D eigenvalue weighted by Crippen LogP contribution is 2.23. The molecule has 0 aromatic rings. The van der Waals surface area contributed by atoms with Crippen molar-refractivity contribution in [2.45, 2.75) is 143 Å². The lowest BCUT2D eigenvalue weighted by atomic mass is 10.0. The van der Waals surface area contributed by atoms with E-state index in [1.807, 2.05) is 27.7 Å². The molecule has 0 atom stereocenters. The average Bonchev–Trinajstić information content (AvgIpc) is 2.59. The van der Waals surface area contributed by atoms with Crippen LogP contribution in [-0.4, -0.2) is 41.8 Å². The summed E-state index contributed by atoms with van der Waals surface area (Å²) in [5.74, 6) is 0. The summed E-state index contributed by atoms with van der Waals surface area (Å²) in [7, 11) is 0. The zero-order valence-corrected chi connectivity index (χ0v) is 22.4. The minimum absolute atomic E-state index is 0.0886. The molecule has 0 aromatic carbocycles. The van der Waals surface area contributed by atoms with Crippen molar-refractivity contribution < 1.29 is 33.8 Å². The summed E-state index contributed by atoms with van der Waals surface area (Å²) in [6.45, 7) is 19.4. The van der Waals surface area contributed by atoms with Gasteiger partial charge in [-0.2, -0.15) is 0 Å². The third kappa shape index (κ3) is 16.7. The van der Waals surface area contributed by atoms with Crippen molar-refractivity contribution >= 4 is 6.16 Å². The largest absolute Gasteiger partial charge is 0.509 e. The van der Waals surface area contributed by atoms with E-state index in [2.05, 4.69) is 13.8 Å². The fourth-order valence-electron chi connectivity index (χ4n) is 2.88. The lowest BCUT2D eigenvalue weighted by Gasteiger charge is -2.31. The summed E-state index contributed by atoms with van der Waals surface area (Å²) >= 11 is 0. The summed E-state index contributed by atoms with van der Waals surface area (Å²) in [6, 6.07) is 0. The highest BCUT2D eigenvalue weighted by molar-refractivity contribution is 5.61. The molecule has 0 N–H and O–H groups in total. The Morgan fingerprint density at radius 2 is 0.906 bits per heavy atom. The number of ether oxygens (including phenoxy) is 2. The molecule has 7 heteroatoms. The number of carbonyl (C=O) groups is 1. The first-order valence-electron chi connectivity index (χ1n) is 12.2. The zero-order valence-electron chi connectivity index (χ0n) is 22.4. The number of hydrogen-bond donors (Lipinski definition) is 0. The quantitative estimate of drug-likeness (QED) is 0.0914. The first-order chi connectivity index (χ1) is 14.6. The van der Waals surface area contributed by atoms with E-state index in [9.17, 15) is 4.79 Å². The molecule has 0 aliphatic heterocycles. The Morgan fingerprint density at radius 1 is 0.562 bits per heavy atom. The lowest BCUT2D eigenvalue weighted by molar-refractivity contribution is -0.370. The second-order valence-corrected chi connectivity index (χ2v) is 11.1. The second kappa shape index (κ2) is 14.4. The van der Waals surface area contributed by atoms with E-state index in [1.54, 1.807) is 27.7 Å². The van der Waals surface area contributed by atoms with Gasteiger partial charge in [0.25, 0.3) is 0 Å². The molecule has 192 valence electrons. The van der Waals surface area contributed by atoms with Crippen LogP contribution in [0.25, 0.3) is 0 Å². The lowest BCUT2D eigenvalue weighted by Crippen LogP contribution is -2.40. The van der Waals surface area contributed by atoms with Crippen molar-refractivity contribution in [2.75, 3.05) is 13.2 Å². The Balaban J connectivity index is 4.35. The summed E-state index contributed by atoms with van der Waals surface area (Å²) < 4.78 is 10.9. The van der Waals surface area contributed by atoms with E-state index >= 15 is 0 Å². The fourth-order valence-corrected chi connectivity index (χ4v) is 2.88. The van der Waals surface area contributed by atoms with Crippen LogP contribution in [0.15, 0.2) is 0 Å². The van der Waals surface area contributed by atoms with Crippen LogP contribution in [-0.2, 0) is 29.0 Å². The van der Waals surface area contributed by atoms with Gasteiger partial charge in [-0.1, -0.05) is 52.4 Å². The summed E-state index contributed by atoms with van der Waals surface area (Å²) in [4.78, 5) is 34.2. The molecule has 0 aliphatic rings. The van der Waals surface area contributed by atoms with Gasteiger partial charge >= 0.3 is 6.16 Å². The van der Waals surface area contributed by atoms with Crippen LogP contribution in [0.3, 0.4) is 0 Å². The second-order valence-electron chi connectivity index (χ2n) is 11.1. The van der Waals surface area contributed by atoms with Gasteiger partial charge in [0.2, 0.25) is 0 Å². The molecule has 0 saturated carbocycles. The van der Waals surface area contributed by atoms with Gasteiger partial charge in [0.05, 0.1) is 11.2 Å². The first kappa shape index (κ1) is 31.1. The molecule has 7 nitrogen and oxygen atoms in total. The van der Waals surface area contributed by atoms with Gasteiger partial charge in [0.1, 0.15) is 24.4 Å². The molecule has 0 saturated heterocycles. The van der Waals surface area contributed by atoms with Crippen LogP contribution in [0.2, 0.25) is 0 Å². The van der Waals surface area contributed by atoms with E-state index in [1.165, 1.54) is 0 Å². The van der Waals surface area contributed by atoms with Crippen molar-refractivity contribution in [1.82, 2.24) is 0 Å². The highest BCUT2D eigenvalue weighted by Gasteiger charge is 2.32. The molecule has 0 fully saturated rings. The molecular formula is C25H50O7. The molecule has 0 unspecified atom stereocenters. The van der Waals surface area contributed by atoms with Crippen molar-refractivity contribution in [3.63, 3.8) is 0 Å². The summed E-state index contributed by atoms with van der Waals surface area (Å²) in [5, 5.41) is 0. The smallest absolute Gasteiger partial charge is 0.426 e. The Hall–Kier alpha value is -0.890. The number of unbranched alkanes of at least 4 members (excludes halogenated alkanes) is 4. The van der Waals surface area contributed by atoms with Crippen LogP contribution in [0.4, 0.5) is 4.79 Å². The normalized spacial score (nSPS) is 13.3. The molecule has 0 aliphatic carbocycles. The molecule has 0 heterocycles. The van der Waals surface area contributed by atoms with Gasteiger partial charge < -0.3 is 9.47 Å². The van der Waals surface area contributed by atoms with Gasteiger partial charge in [0.15, 0.2) is 0 Å². The van der Waals surface area contributed by atoms with Gasteiger partial charge in [-0.15, -0.1) is 0 Å². The van der Waals surface area contributed by atoms with Crippen LogP contribution < -0.4 is 0 Å². The number of rotatable bonds is 18. The Labute approximate surface area is 196 Å². The molecule has 0 aromatic heterocycles. The minimum atomic E-state index is -0.911. The predicted octanol–water partition coefficient (Wildman–Crippen LogP) is 7.31. The molecule has 0 spiro atoms. The minimum Gasteiger partial charge on any atom is -0.426 e. The average molecular weight is 463 g/mol. The maximum Gasteiger partial charge on any atom is 0.509 e. The van der Waals surface area contributed by atoms with Crippen LogP contribution >= 0.6 is 0 Å². The maximum atomic E-state index is 12.3. The molecule has 0 rings (SSSR count). The topological polar surface area (TPSA) is 72.5 Å². The summed E-state index contributed by atoms with van der Waals surface area (Å²) in [5.41, 5.74) is -2.61. The van der Waals surface area contributed by atoms with Crippen LogP contribution in [0.5, 0.6) is 0 Å². The van der Waals surface area contributed by atoms with E-state index in [0.29, 0.717) is 0 Å². The van der Waals surface area contributed by atoms with E-state index in [4.69, 9.17) is 29.0 Å². The van der Waals surface area contributed by atoms with Gasteiger partial charge in [-0.05, 0) is 68.2 Å². The Bertz CT molecular complexity index is 468. The van der Waals surface area contributed by atoms with Gasteiger partial charge in [0, 0.05) is 0 Å². The van der Waals surface area contributed by atoms with Crippen molar-refractivity contribution in [1.29, 1.82) is 0 Å². The van der Waals surface area contributed by atoms with Crippen molar-refractivity contribution in [3.8, 4) is 0 Å². The third-order valence-electron chi connectivity index (χ3n) is 4.87. The van der Waals surface area contributed by atoms with Gasteiger partial charge in [-0.25, -0.2) is 24.3 Å². The molecule has 32 heavy (non-hydrogen) atoms. The van der Waals surface area contributed by atoms with E-state index in [0.717, 1.165) is 51.4 Å². The Morgan fingerprint density at radius 3 is 1.22 bits per heavy atom. The zero-order chi connectivity index (χ0) is 24.9. The van der Waals surface area contributed by atoms with E-state index in [-0.39, 0.29) is 13.2 Å². The predicted molar refractivity (Wildman–Crippen MR) is 126 cm³/mol. The molecule has 0 radical (unpaired) electrons. The van der Waals surface area contributed by atoms with Crippen LogP contribution in [0.1, 0.15) is 121 Å². The van der Waals surface area contributed by atoms with Gasteiger partial charge in [-0.3, -0.25) is 0 Å². The SMILES string of the molecule is CCCCCC(C)(C)OOCC(C)(C)OC(=O)OC(C)(C)COOC(C)(C)CCCCC. The van der Waals surface area contributed by atoms with E-state index < -0.39 is 28.6 Å². The molecular weight excluding hydrogens is 412 g/mol. The molecule has 0 bridgehead atoms.